The third-order valence-corrected chi connectivity index (χ3v) is 3.97. The Morgan fingerprint density at radius 2 is 2.13 bits per heavy atom. The predicted molar refractivity (Wildman–Crippen MR) is 90.7 cm³/mol. The first-order chi connectivity index (χ1) is 10.8. The molecule has 23 heavy (non-hydrogen) atoms. The van der Waals surface area contributed by atoms with Crippen LogP contribution in [0.2, 0.25) is 0 Å². The van der Waals surface area contributed by atoms with E-state index < -0.39 is 5.60 Å². The molecule has 0 aliphatic rings. The molecule has 0 aliphatic carbocycles. The average molecular weight is 316 g/mol. The molecule has 2 rings (SSSR count). The van der Waals surface area contributed by atoms with Gasteiger partial charge in [0.1, 0.15) is 0 Å². The number of hydrogen-bond donors (Lipinski definition) is 3. The van der Waals surface area contributed by atoms with Gasteiger partial charge in [-0.1, -0.05) is 19.9 Å². The fraction of sp³-hybridized carbons (Fsp3) is 0.412. The summed E-state index contributed by atoms with van der Waals surface area (Å²) in [5.74, 6) is -0.151. The molecule has 1 amide bonds. The van der Waals surface area contributed by atoms with Gasteiger partial charge in [-0.05, 0) is 31.0 Å². The van der Waals surface area contributed by atoms with Crippen LogP contribution in [0.4, 0.5) is 11.4 Å². The Kier molecular flexibility index (Phi) is 5.05. The molecule has 0 bridgehead atoms. The Labute approximate surface area is 136 Å². The number of aliphatic hydroxyl groups is 1. The predicted octanol–water partition coefficient (Wildman–Crippen LogP) is 2.30. The summed E-state index contributed by atoms with van der Waals surface area (Å²) in [6.07, 6.45) is 3.57. The Morgan fingerprint density at radius 3 is 2.74 bits per heavy atom. The van der Waals surface area contributed by atoms with E-state index in [0.29, 0.717) is 5.56 Å². The molecule has 1 atom stereocenters. The number of anilines is 2. The molecule has 124 valence electrons. The first-order valence-corrected chi connectivity index (χ1v) is 7.64. The molecule has 1 unspecified atom stereocenters. The van der Waals surface area contributed by atoms with Crippen molar-refractivity contribution < 1.29 is 9.90 Å². The number of aryl methyl sites for hydroxylation is 1. The van der Waals surface area contributed by atoms with Crippen LogP contribution in [0.3, 0.4) is 0 Å². The van der Waals surface area contributed by atoms with E-state index >= 15 is 0 Å². The zero-order valence-electron chi connectivity index (χ0n) is 14.0. The van der Waals surface area contributed by atoms with Crippen molar-refractivity contribution in [2.75, 3.05) is 11.9 Å². The molecule has 0 aliphatic heterocycles. The highest BCUT2D eigenvalue weighted by Gasteiger charge is 2.25. The fourth-order valence-electron chi connectivity index (χ4n) is 1.96. The minimum Gasteiger partial charge on any atom is -0.388 e. The van der Waals surface area contributed by atoms with Crippen molar-refractivity contribution in [2.24, 2.45) is 13.0 Å². The van der Waals surface area contributed by atoms with Gasteiger partial charge in [-0.2, -0.15) is 5.10 Å². The van der Waals surface area contributed by atoms with Crippen LogP contribution in [0.5, 0.6) is 0 Å². The van der Waals surface area contributed by atoms with Gasteiger partial charge in [0.2, 0.25) is 0 Å². The molecule has 0 radical (unpaired) electrons. The van der Waals surface area contributed by atoms with Crippen molar-refractivity contribution in [1.29, 1.82) is 0 Å². The van der Waals surface area contributed by atoms with Crippen LogP contribution in [0.15, 0.2) is 36.7 Å². The molecule has 1 aromatic carbocycles. The second kappa shape index (κ2) is 6.83. The van der Waals surface area contributed by atoms with E-state index in [1.165, 1.54) is 0 Å². The van der Waals surface area contributed by atoms with Gasteiger partial charge in [-0.3, -0.25) is 9.48 Å². The van der Waals surface area contributed by atoms with Crippen LogP contribution in [-0.2, 0) is 7.05 Å². The lowest BCUT2D eigenvalue weighted by molar-refractivity contribution is 0.0142. The lowest BCUT2D eigenvalue weighted by Crippen LogP contribution is -2.44. The number of carbonyl (C=O) groups excluding carboxylic acids is 1. The van der Waals surface area contributed by atoms with Gasteiger partial charge in [-0.25, -0.2) is 0 Å². The monoisotopic (exact) mass is 316 g/mol. The second-order valence-corrected chi connectivity index (χ2v) is 6.30. The summed E-state index contributed by atoms with van der Waals surface area (Å²) in [5.41, 5.74) is 1.27. The van der Waals surface area contributed by atoms with Gasteiger partial charge in [0, 0.05) is 31.0 Å². The quantitative estimate of drug-likeness (QED) is 0.764. The zero-order valence-corrected chi connectivity index (χ0v) is 14.0. The maximum atomic E-state index is 12.3. The summed E-state index contributed by atoms with van der Waals surface area (Å²) in [5, 5.41) is 20.3. The lowest BCUT2D eigenvalue weighted by atomic mass is 9.92. The third kappa shape index (κ3) is 4.56. The van der Waals surface area contributed by atoms with Gasteiger partial charge in [-0.15, -0.1) is 0 Å². The Bertz CT molecular complexity index is 677. The second-order valence-electron chi connectivity index (χ2n) is 6.30. The van der Waals surface area contributed by atoms with Gasteiger partial charge in [0.05, 0.1) is 17.5 Å². The number of amides is 1. The molecule has 0 saturated heterocycles. The maximum absolute atomic E-state index is 12.3. The van der Waals surface area contributed by atoms with E-state index in [0.717, 1.165) is 11.4 Å². The molecule has 6 heteroatoms. The Hall–Kier alpha value is -2.34. The number of benzene rings is 1. The van der Waals surface area contributed by atoms with Gasteiger partial charge < -0.3 is 15.7 Å². The molecule has 6 nitrogen and oxygen atoms in total. The van der Waals surface area contributed by atoms with Crippen LogP contribution in [0.25, 0.3) is 0 Å². The summed E-state index contributed by atoms with van der Waals surface area (Å²) in [6.45, 7) is 5.78. The van der Waals surface area contributed by atoms with Gasteiger partial charge in [0.15, 0.2) is 0 Å². The first kappa shape index (κ1) is 17.0. The van der Waals surface area contributed by atoms with E-state index in [9.17, 15) is 9.90 Å². The Balaban J connectivity index is 2.02. The van der Waals surface area contributed by atoms with E-state index in [4.69, 9.17) is 0 Å². The van der Waals surface area contributed by atoms with Crippen molar-refractivity contribution in [3.05, 3.63) is 42.2 Å². The number of rotatable bonds is 6. The standard InChI is InChI=1S/C17H24N4O2/c1-12(2)17(3,23)11-18-16(22)13-6-5-7-14(8-13)20-15-9-19-21(4)10-15/h5-10,12,20,23H,11H2,1-4H3,(H,18,22). The molecule has 1 aromatic heterocycles. The highest BCUT2D eigenvalue weighted by molar-refractivity contribution is 5.95. The topological polar surface area (TPSA) is 79.2 Å². The van der Waals surface area contributed by atoms with Crippen LogP contribution in [-0.4, -0.2) is 32.9 Å². The smallest absolute Gasteiger partial charge is 0.251 e. The van der Waals surface area contributed by atoms with Crippen molar-refractivity contribution in [2.45, 2.75) is 26.4 Å². The summed E-state index contributed by atoms with van der Waals surface area (Å²) >= 11 is 0. The number of carbonyl (C=O) groups is 1. The molecule has 3 N–H and O–H groups in total. The average Bonchev–Trinajstić information content (AvgIpc) is 2.90. The number of nitrogens with one attached hydrogen (secondary N) is 2. The van der Waals surface area contributed by atoms with E-state index in [1.54, 1.807) is 29.9 Å². The number of nitrogens with zero attached hydrogens (tertiary/aromatic N) is 2. The largest absolute Gasteiger partial charge is 0.388 e. The zero-order chi connectivity index (χ0) is 17.0. The molecular weight excluding hydrogens is 292 g/mol. The van der Waals surface area contributed by atoms with E-state index in [-0.39, 0.29) is 18.4 Å². The Morgan fingerprint density at radius 1 is 1.39 bits per heavy atom. The SMILES string of the molecule is CC(C)C(C)(O)CNC(=O)c1cccc(Nc2cnn(C)c2)c1. The van der Waals surface area contributed by atoms with Gasteiger partial charge >= 0.3 is 0 Å². The van der Waals surface area contributed by atoms with Crippen LogP contribution in [0, 0.1) is 5.92 Å². The van der Waals surface area contributed by atoms with Gasteiger partial charge in [0.25, 0.3) is 5.91 Å². The summed E-state index contributed by atoms with van der Waals surface area (Å²) in [7, 11) is 1.84. The highest BCUT2D eigenvalue weighted by Crippen LogP contribution is 2.18. The molecule has 2 aromatic rings. The van der Waals surface area contributed by atoms with Crippen molar-refractivity contribution in [3.8, 4) is 0 Å². The molecule has 0 fully saturated rings. The van der Waals surface area contributed by atoms with Crippen molar-refractivity contribution >= 4 is 17.3 Å². The minimum absolute atomic E-state index is 0.0568. The van der Waals surface area contributed by atoms with Crippen LogP contribution >= 0.6 is 0 Å². The normalized spacial score (nSPS) is 13.7. The van der Waals surface area contributed by atoms with Crippen LogP contribution in [0.1, 0.15) is 31.1 Å². The summed E-state index contributed by atoms with van der Waals surface area (Å²) < 4.78 is 1.70. The van der Waals surface area contributed by atoms with E-state index in [1.807, 2.05) is 39.2 Å². The molecule has 0 spiro atoms. The molecular formula is C17H24N4O2. The van der Waals surface area contributed by atoms with Crippen LogP contribution < -0.4 is 10.6 Å². The molecule has 0 saturated carbocycles. The minimum atomic E-state index is -0.929. The lowest BCUT2D eigenvalue weighted by Gasteiger charge is -2.27. The number of aromatic nitrogens is 2. The summed E-state index contributed by atoms with van der Waals surface area (Å²) in [6, 6.07) is 7.21. The highest BCUT2D eigenvalue weighted by atomic mass is 16.3. The van der Waals surface area contributed by atoms with Crippen molar-refractivity contribution in [3.63, 3.8) is 0 Å². The summed E-state index contributed by atoms with van der Waals surface area (Å²) in [4.78, 5) is 12.3. The van der Waals surface area contributed by atoms with Crippen molar-refractivity contribution in [1.82, 2.24) is 15.1 Å². The third-order valence-electron chi connectivity index (χ3n) is 3.97. The van der Waals surface area contributed by atoms with E-state index in [2.05, 4.69) is 15.7 Å². The maximum Gasteiger partial charge on any atom is 0.251 e. The molecule has 1 heterocycles. The fourth-order valence-corrected chi connectivity index (χ4v) is 1.96. The number of hydrogen-bond acceptors (Lipinski definition) is 4. The first-order valence-electron chi connectivity index (χ1n) is 7.64.